The SMILES string of the molecule is COc1ccc([C@@H]2CN(C3=CN(C)CN=C3)C[C@@]2(F)C(=O)N2C=C3C4CC(C)CCN4c4cc(C(F)(F)F)ccc4[C@H]3C2)cc1. The molecule has 7 rings (SSSR count). The number of fused-ring (bicyclic) bond motifs is 6. The summed E-state index contributed by atoms with van der Waals surface area (Å²) in [4.78, 5) is 26.2. The van der Waals surface area contributed by atoms with Crippen LogP contribution in [0.1, 0.15) is 48.3 Å². The van der Waals surface area contributed by atoms with E-state index in [9.17, 15) is 18.0 Å². The van der Waals surface area contributed by atoms with E-state index in [0.29, 0.717) is 36.1 Å². The Hall–Kier alpha value is -4.02. The minimum atomic E-state index is -4.46. The van der Waals surface area contributed by atoms with E-state index in [1.807, 2.05) is 35.2 Å². The number of benzene rings is 2. The van der Waals surface area contributed by atoms with Gasteiger partial charge in [0.05, 0.1) is 31.0 Å². The summed E-state index contributed by atoms with van der Waals surface area (Å²) >= 11 is 0. The normalized spacial score (nSPS) is 29.2. The fraction of sp³-hybridized carbons (Fsp3) is 0.471. The number of halogens is 4. The van der Waals surface area contributed by atoms with Gasteiger partial charge in [-0.25, -0.2) is 4.39 Å². The molecule has 5 heterocycles. The van der Waals surface area contributed by atoms with Crippen molar-refractivity contribution in [1.29, 1.82) is 0 Å². The molecule has 45 heavy (non-hydrogen) atoms. The molecule has 2 aromatic rings. The largest absolute Gasteiger partial charge is 0.497 e. The van der Waals surface area contributed by atoms with E-state index < -0.39 is 29.2 Å². The molecule has 0 aliphatic carbocycles. The van der Waals surface area contributed by atoms with Crippen LogP contribution in [0.25, 0.3) is 0 Å². The van der Waals surface area contributed by atoms with Gasteiger partial charge in [-0.2, -0.15) is 13.2 Å². The molecule has 1 amide bonds. The highest BCUT2D eigenvalue weighted by atomic mass is 19.4. The summed E-state index contributed by atoms with van der Waals surface area (Å²) < 4.78 is 64.2. The molecule has 0 radical (unpaired) electrons. The van der Waals surface area contributed by atoms with Gasteiger partial charge in [0.25, 0.3) is 5.91 Å². The number of carbonyl (C=O) groups is 1. The van der Waals surface area contributed by atoms with Crippen molar-refractivity contribution in [1.82, 2.24) is 14.7 Å². The molecule has 2 aromatic carbocycles. The molecule has 0 saturated carbocycles. The maximum Gasteiger partial charge on any atom is 0.416 e. The Balaban J connectivity index is 1.25. The highest BCUT2D eigenvalue weighted by Crippen LogP contribution is 2.51. The molecule has 5 aliphatic heterocycles. The number of hydrogen-bond donors (Lipinski definition) is 0. The molecule has 0 spiro atoms. The zero-order valence-electron chi connectivity index (χ0n) is 25.6. The van der Waals surface area contributed by atoms with Crippen LogP contribution in [-0.2, 0) is 11.0 Å². The number of carbonyl (C=O) groups excluding carboxylic acids is 1. The second kappa shape index (κ2) is 10.8. The van der Waals surface area contributed by atoms with E-state index >= 15 is 4.39 Å². The Morgan fingerprint density at radius 1 is 1.09 bits per heavy atom. The number of methoxy groups -OCH3 is 1. The Labute approximate surface area is 260 Å². The van der Waals surface area contributed by atoms with E-state index in [2.05, 4.69) is 16.8 Å². The molecule has 7 nitrogen and oxygen atoms in total. The molecule has 2 fully saturated rings. The van der Waals surface area contributed by atoms with Gasteiger partial charge in [0, 0.05) is 62.8 Å². The first-order valence-corrected chi connectivity index (χ1v) is 15.5. The molecule has 5 atom stereocenters. The first kappa shape index (κ1) is 29.7. The van der Waals surface area contributed by atoms with Crippen LogP contribution in [0.4, 0.5) is 23.2 Å². The summed E-state index contributed by atoms with van der Waals surface area (Å²) in [7, 11) is 3.46. The van der Waals surface area contributed by atoms with Crippen LogP contribution in [0.5, 0.6) is 5.75 Å². The number of ether oxygens (including phenoxy) is 1. The molecule has 0 bridgehead atoms. The first-order valence-electron chi connectivity index (χ1n) is 15.5. The van der Waals surface area contributed by atoms with Gasteiger partial charge in [0.2, 0.25) is 5.67 Å². The molecule has 0 aromatic heterocycles. The second-order valence-electron chi connectivity index (χ2n) is 13.1. The molecule has 2 saturated heterocycles. The Morgan fingerprint density at radius 2 is 1.87 bits per heavy atom. The number of aliphatic imine (C=N–C) groups is 1. The van der Waals surface area contributed by atoms with Crippen molar-refractivity contribution in [2.24, 2.45) is 10.9 Å². The van der Waals surface area contributed by atoms with Gasteiger partial charge in [-0.15, -0.1) is 0 Å². The summed E-state index contributed by atoms with van der Waals surface area (Å²) in [5.74, 6) is -0.659. The third kappa shape index (κ3) is 5.04. The summed E-state index contributed by atoms with van der Waals surface area (Å²) in [5.41, 5.74) is 0.802. The third-order valence-electron chi connectivity index (χ3n) is 10.1. The Bertz CT molecular complexity index is 1590. The third-order valence-corrected chi connectivity index (χ3v) is 10.1. The number of piperidine rings is 1. The van der Waals surface area contributed by atoms with Crippen molar-refractivity contribution < 1.29 is 27.1 Å². The predicted octanol–water partition coefficient (Wildman–Crippen LogP) is 5.77. The summed E-state index contributed by atoms with van der Waals surface area (Å²) in [5, 5.41) is 0. The zero-order chi connectivity index (χ0) is 31.7. The highest BCUT2D eigenvalue weighted by molar-refractivity contribution is 5.90. The average molecular weight is 624 g/mol. The van der Waals surface area contributed by atoms with Crippen molar-refractivity contribution in [3.63, 3.8) is 0 Å². The molecular formula is C34H37F4N5O2. The van der Waals surface area contributed by atoms with Crippen LogP contribution in [0.15, 0.2) is 71.1 Å². The Morgan fingerprint density at radius 3 is 2.58 bits per heavy atom. The van der Waals surface area contributed by atoms with E-state index in [1.165, 1.54) is 11.0 Å². The number of anilines is 1. The second-order valence-corrected chi connectivity index (χ2v) is 13.1. The average Bonchev–Trinajstić information content (AvgIpc) is 3.63. The molecular weight excluding hydrogens is 586 g/mol. The molecule has 2 unspecified atom stereocenters. The fourth-order valence-corrected chi connectivity index (χ4v) is 7.77. The first-order chi connectivity index (χ1) is 21.5. The van der Waals surface area contributed by atoms with Crippen LogP contribution in [0, 0.1) is 5.92 Å². The van der Waals surface area contributed by atoms with Crippen molar-refractivity contribution >= 4 is 17.8 Å². The maximum absolute atomic E-state index is 17.6. The molecule has 238 valence electrons. The number of amides is 1. The zero-order valence-corrected chi connectivity index (χ0v) is 25.6. The molecule has 5 aliphatic rings. The summed E-state index contributed by atoms with van der Waals surface area (Å²) in [6.07, 6.45) is 2.61. The maximum atomic E-state index is 17.6. The van der Waals surface area contributed by atoms with E-state index in [-0.39, 0.29) is 31.6 Å². The number of likely N-dealkylation sites (tertiary alicyclic amines) is 1. The van der Waals surface area contributed by atoms with Crippen LogP contribution in [0.3, 0.4) is 0 Å². The minimum Gasteiger partial charge on any atom is -0.497 e. The highest BCUT2D eigenvalue weighted by Gasteiger charge is 2.57. The van der Waals surface area contributed by atoms with Gasteiger partial charge >= 0.3 is 6.18 Å². The number of allylic oxidation sites excluding steroid dienone is 1. The van der Waals surface area contributed by atoms with Gasteiger partial charge in [-0.3, -0.25) is 9.79 Å². The van der Waals surface area contributed by atoms with Gasteiger partial charge in [-0.1, -0.05) is 25.1 Å². The number of alkyl halides is 4. The van der Waals surface area contributed by atoms with Gasteiger partial charge < -0.3 is 24.3 Å². The Kier molecular flexibility index (Phi) is 7.13. The minimum absolute atomic E-state index is 0.139. The topological polar surface area (TPSA) is 51.6 Å². The lowest BCUT2D eigenvalue weighted by Crippen LogP contribution is -2.49. The van der Waals surface area contributed by atoms with E-state index in [4.69, 9.17) is 4.74 Å². The van der Waals surface area contributed by atoms with Crippen molar-refractivity contribution in [2.45, 2.75) is 49.5 Å². The lowest BCUT2D eigenvalue weighted by molar-refractivity contribution is -0.141. The number of rotatable bonds is 4. The van der Waals surface area contributed by atoms with Crippen molar-refractivity contribution in [3.8, 4) is 5.75 Å². The lowest BCUT2D eigenvalue weighted by Gasteiger charge is -2.47. The molecule has 11 heteroatoms. The van der Waals surface area contributed by atoms with Crippen molar-refractivity contribution in [3.05, 3.63) is 82.8 Å². The van der Waals surface area contributed by atoms with Gasteiger partial charge in [0.15, 0.2) is 0 Å². The van der Waals surface area contributed by atoms with Crippen LogP contribution in [0.2, 0.25) is 0 Å². The quantitative estimate of drug-likeness (QED) is 0.406. The number of nitrogens with zero attached hydrogens (tertiary/aromatic N) is 5. The van der Waals surface area contributed by atoms with Crippen LogP contribution in [-0.4, -0.2) is 85.5 Å². The van der Waals surface area contributed by atoms with Crippen molar-refractivity contribution in [2.75, 3.05) is 51.9 Å². The predicted molar refractivity (Wildman–Crippen MR) is 164 cm³/mol. The van der Waals surface area contributed by atoms with Crippen LogP contribution >= 0.6 is 0 Å². The molecule has 0 N–H and O–H groups in total. The van der Waals surface area contributed by atoms with Gasteiger partial charge in [-0.05, 0) is 59.7 Å². The van der Waals surface area contributed by atoms with Crippen LogP contribution < -0.4 is 9.64 Å². The summed E-state index contributed by atoms with van der Waals surface area (Å²) in [6.45, 7) is 3.62. The fourth-order valence-electron chi connectivity index (χ4n) is 7.77. The van der Waals surface area contributed by atoms with E-state index in [0.717, 1.165) is 35.7 Å². The number of hydrogen-bond acceptors (Lipinski definition) is 6. The monoisotopic (exact) mass is 623 g/mol. The lowest BCUT2D eigenvalue weighted by atomic mass is 9.77. The van der Waals surface area contributed by atoms with Gasteiger partial charge in [0.1, 0.15) is 12.4 Å². The summed E-state index contributed by atoms with van der Waals surface area (Å²) in [6, 6.07) is 10.9. The standard InChI is InChI=1S/C34H37F4N5O2/c1-21-10-11-43-30(12-21)28-17-41(16-27(28)26-9-6-23(13-31(26)43)34(36,37)38)32(44)33(35)19-42(24-14-39-20-40(2)15-24)18-29(33)22-4-7-25(45-3)8-5-22/h4-9,13-15,17,21,27,29-30H,10-12,16,18-20H2,1-3H3/t21?,27-,29+,30?,33+/m1/s1. The smallest absolute Gasteiger partial charge is 0.416 e. The van der Waals surface area contributed by atoms with E-state index in [1.54, 1.807) is 37.7 Å².